The van der Waals surface area contributed by atoms with Gasteiger partial charge in [0.1, 0.15) is 12.4 Å². The molecule has 0 atom stereocenters. The van der Waals surface area contributed by atoms with E-state index in [1.165, 1.54) is 31.5 Å². The van der Waals surface area contributed by atoms with Gasteiger partial charge in [-0.2, -0.15) is 0 Å². The molecule has 0 aliphatic carbocycles. The van der Waals surface area contributed by atoms with Gasteiger partial charge in [-0.15, -0.1) is 0 Å². The number of benzene rings is 1. The lowest BCUT2D eigenvalue weighted by Crippen LogP contribution is -2.38. The van der Waals surface area contributed by atoms with Crippen molar-refractivity contribution in [2.45, 2.75) is 39.5 Å². The predicted octanol–water partition coefficient (Wildman–Crippen LogP) is 3.19. The van der Waals surface area contributed by atoms with E-state index in [0.29, 0.717) is 13.2 Å². The molecule has 2 rings (SSSR count). The summed E-state index contributed by atoms with van der Waals surface area (Å²) in [7, 11) is 0. The molecular weight excluding hydrogens is 314 g/mol. The molecule has 0 saturated carbocycles. The van der Waals surface area contributed by atoms with Gasteiger partial charge in [0.25, 0.3) is 0 Å². The maximum atomic E-state index is 11.7. The van der Waals surface area contributed by atoms with Gasteiger partial charge in [0.15, 0.2) is 0 Å². The maximum Gasteiger partial charge on any atom is 0.314 e. The highest BCUT2D eigenvalue weighted by atomic mass is 16.5. The Labute approximate surface area is 152 Å². The fraction of sp³-hybridized carbons (Fsp3) is 0.650. The summed E-state index contributed by atoms with van der Waals surface area (Å²) in [6.45, 7) is 9.71. The Morgan fingerprint density at radius 2 is 1.80 bits per heavy atom. The average Bonchev–Trinajstić information content (AvgIpc) is 2.61. The number of urea groups is 1. The summed E-state index contributed by atoms with van der Waals surface area (Å²) in [5.74, 6) is 1.72. The largest absolute Gasteiger partial charge is 0.492 e. The van der Waals surface area contributed by atoms with Crippen LogP contribution < -0.4 is 15.4 Å². The molecule has 1 heterocycles. The second kappa shape index (κ2) is 11.0. The number of piperidine rings is 1. The first-order chi connectivity index (χ1) is 12.1. The number of nitrogens with one attached hydrogen (secondary N) is 2. The van der Waals surface area contributed by atoms with Crippen molar-refractivity contribution in [1.29, 1.82) is 0 Å². The lowest BCUT2D eigenvalue weighted by Gasteiger charge is -2.30. The average molecular weight is 348 g/mol. The summed E-state index contributed by atoms with van der Waals surface area (Å²) in [5.41, 5.74) is 1.21. The van der Waals surface area contributed by atoms with Crippen molar-refractivity contribution in [3.63, 3.8) is 0 Å². The van der Waals surface area contributed by atoms with Gasteiger partial charge in [-0.1, -0.05) is 24.6 Å². The minimum absolute atomic E-state index is 0.112. The van der Waals surface area contributed by atoms with Crippen molar-refractivity contribution in [2.24, 2.45) is 5.92 Å². The van der Waals surface area contributed by atoms with Crippen LogP contribution in [0.5, 0.6) is 5.75 Å². The Morgan fingerprint density at radius 3 is 2.52 bits per heavy atom. The highest BCUT2D eigenvalue weighted by Crippen LogP contribution is 2.16. The molecule has 25 heavy (non-hydrogen) atoms. The van der Waals surface area contributed by atoms with E-state index in [2.05, 4.69) is 22.5 Å². The Hall–Kier alpha value is -1.75. The highest BCUT2D eigenvalue weighted by molar-refractivity contribution is 5.73. The third-order valence-electron chi connectivity index (χ3n) is 4.74. The summed E-state index contributed by atoms with van der Waals surface area (Å²) < 4.78 is 5.58. The molecule has 2 amide bonds. The molecule has 0 bridgehead atoms. The summed E-state index contributed by atoms with van der Waals surface area (Å²) >= 11 is 0. The molecule has 0 unspecified atom stereocenters. The molecule has 1 fully saturated rings. The van der Waals surface area contributed by atoms with Crippen LogP contribution in [0, 0.1) is 12.8 Å². The van der Waals surface area contributed by atoms with Gasteiger partial charge in [-0.25, -0.2) is 4.79 Å². The Balaban J connectivity index is 1.42. The predicted molar refractivity (Wildman–Crippen MR) is 102 cm³/mol. The minimum atomic E-state index is -0.112. The van der Waals surface area contributed by atoms with E-state index < -0.39 is 0 Å². The molecule has 0 spiro atoms. The molecule has 0 aromatic heterocycles. The van der Waals surface area contributed by atoms with Crippen LogP contribution in [0.25, 0.3) is 0 Å². The number of hydrogen-bond acceptors (Lipinski definition) is 3. The molecule has 1 aliphatic heterocycles. The fourth-order valence-electron chi connectivity index (χ4n) is 2.98. The van der Waals surface area contributed by atoms with Crippen molar-refractivity contribution in [1.82, 2.24) is 15.5 Å². The summed E-state index contributed by atoms with van der Waals surface area (Å²) in [4.78, 5) is 14.3. The van der Waals surface area contributed by atoms with Gasteiger partial charge in [0.2, 0.25) is 0 Å². The van der Waals surface area contributed by atoms with Crippen LogP contribution in [0.1, 0.15) is 38.2 Å². The number of unbranched alkanes of at least 4 members (excludes halogenated alkanes) is 1. The van der Waals surface area contributed by atoms with Crippen molar-refractivity contribution in [3.8, 4) is 5.75 Å². The zero-order chi connectivity index (χ0) is 17.9. The SMILES string of the molecule is Cc1ccc(OCCNC(=O)NCCCCN2CCC(C)CC2)cc1. The molecule has 5 heteroatoms. The van der Waals surface area contributed by atoms with E-state index in [0.717, 1.165) is 37.6 Å². The number of nitrogens with zero attached hydrogens (tertiary/aromatic N) is 1. The zero-order valence-corrected chi connectivity index (χ0v) is 15.7. The number of likely N-dealkylation sites (tertiary alicyclic amines) is 1. The van der Waals surface area contributed by atoms with Crippen LogP contribution >= 0.6 is 0 Å². The van der Waals surface area contributed by atoms with Crippen LogP contribution in [0.2, 0.25) is 0 Å². The zero-order valence-electron chi connectivity index (χ0n) is 15.7. The molecule has 0 radical (unpaired) electrons. The molecule has 1 saturated heterocycles. The summed E-state index contributed by atoms with van der Waals surface area (Å²) in [6, 6.07) is 7.80. The molecule has 2 N–H and O–H groups in total. The molecular formula is C20H33N3O2. The number of carbonyl (C=O) groups excluding carboxylic acids is 1. The fourth-order valence-corrected chi connectivity index (χ4v) is 2.98. The van der Waals surface area contributed by atoms with Gasteiger partial charge in [0.05, 0.1) is 6.54 Å². The quantitative estimate of drug-likeness (QED) is 0.675. The first kappa shape index (κ1) is 19.6. The van der Waals surface area contributed by atoms with Crippen molar-refractivity contribution in [2.75, 3.05) is 39.3 Å². The third-order valence-corrected chi connectivity index (χ3v) is 4.74. The second-order valence-electron chi connectivity index (χ2n) is 7.08. The number of aryl methyl sites for hydroxylation is 1. The Kier molecular flexibility index (Phi) is 8.60. The van der Waals surface area contributed by atoms with Crippen LogP contribution in [0.15, 0.2) is 24.3 Å². The standard InChI is InChI=1S/C20H33N3O2/c1-17-5-7-19(8-6-17)25-16-12-22-20(24)21-11-3-4-13-23-14-9-18(2)10-15-23/h5-8,18H,3-4,9-16H2,1-2H3,(H2,21,22,24). The van der Waals surface area contributed by atoms with Gasteiger partial charge < -0.3 is 20.3 Å². The van der Waals surface area contributed by atoms with Crippen molar-refractivity contribution >= 4 is 6.03 Å². The van der Waals surface area contributed by atoms with Crippen LogP contribution in [0.4, 0.5) is 4.79 Å². The maximum absolute atomic E-state index is 11.7. The van der Waals surface area contributed by atoms with Crippen molar-refractivity contribution in [3.05, 3.63) is 29.8 Å². The number of amides is 2. The molecule has 5 nitrogen and oxygen atoms in total. The number of hydrogen-bond donors (Lipinski definition) is 2. The van der Waals surface area contributed by atoms with Crippen LogP contribution in [0.3, 0.4) is 0 Å². The Morgan fingerprint density at radius 1 is 1.12 bits per heavy atom. The van der Waals surface area contributed by atoms with E-state index in [9.17, 15) is 4.79 Å². The van der Waals surface area contributed by atoms with E-state index in [1.807, 2.05) is 31.2 Å². The smallest absolute Gasteiger partial charge is 0.314 e. The highest BCUT2D eigenvalue weighted by Gasteiger charge is 2.14. The minimum Gasteiger partial charge on any atom is -0.492 e. The van der Waals surface area contributed by atoms with Gasteiger partial charge >= 0.3 is 6.03 Å². The molecule has 140 valence electrons. The topological polar surface area (TPSA) is 53.6 Å². The van der Waals surface area contributed by atoms with Crippen molar-refractivity contribution < 1.29 is 9.53 Å². The first-order valence-corrected chi connectivity index (χ1v) is 9.57. The summed E-state index contributed by atoms with van der Waals surface area (Å²) in [5, 5.41) is 5.73. The molecule has 1 aromatic rings. The Bertz CT molecular complexity index is 496. The lowest BCUT2D eigenvalue weighted by atomic mass is 9.99. The summed E-state index contributed by atoms with van der Waals surface area (Å²) in [6.07, 6.45) is 4.82. The number of ether oxygens (including phenoxy) is 1. The van der Waals surface area contributed by atoms with E-state index >= 15 is 0 Å². The monoisotopic (exact) mass is 347 g/mol. The van der Waals surface area contributed by atoms with E-state index in [-0.39, 0.29) is 6.03 Å². The third kappa shape index (κ3) is 8.25. The second-order valence-corrected chi connectivity index (χ2v) is 7.08. The lowest BCUT2D eigenvalue weighted by molar-refractivity contribution is 0.189. The van der Waals surface area contributed by atoms with E-state index in [4.69, 9.17) is 4.74 Å². The molecule has 1 aliphatic rings. The van der Waals surface area contributed by atoms with Gasteiger partial charge in [-0.3, -0.25) is 0 Å². The molecule has 1 aromatic carbocycles. The number of carbonyl (C=O) groups is 1. The van der Waals surface area contributed by atoms with E-state index in [1.54, 1.807) is 0 Å². The van der Waals surface area contributed by atoms with Gasteiger partial charge in [0, 0.05) is 6.54 Å². The first-order valence-electron chi connectivity index (χ1n) is 9.57. The normalized spacial score (nSPS) is 15.8. The van der Waals surface area contributed by atoms with Crippen LogP contribution in [-0.2, 0) is 0 Å². The van der Waals surface area contributed by atoms with Crippen LogP contribution in [-0.4, -0.2) is 50.3 Å². The number of rotatable bonds is 9. The van der Waals surface area contributed by atoms with Gasteiger partial charge in [-0.05, 0) is 70.3 Å².